The summed E-state index contributed by atoms with van der Waals surface area (Å²) in [5, 5.41) is 23.5. The van der Waals surface area contributed by atoms with Gasteiger partial charge in [0.25, 0.3) is 0 Å². The number of rotatable bonds is 72. The van der Waals surface area contributed by atoms with Gasteiger partial charge in [-0.05, 0) is 25.7 Å². The molecule has 2 unspecified atom stereocenters. The van der Waals surface area contributed by atoms with E-state index < -0.39 is 12.1 Å². The zero-order valence-electron chi connectivity index (χ0n) is 55.6. The van der Waals surface area contributed by atoms with E-state index in [1.807, 2.05) is 0 Å². The Labute approximate surface area is 508 Å². The van der Waals surface area contributed by atoms with E-state index >= 15 is 0 Å². The van der Waals surface area contributed by atoms with Gasteiger partial charge >= 0.3 is 5.97 Å². The minimum Gasteiger partial charge on any atom is -0.466 e. The zero-order valence-corrected chi connectivity index (χ0v) is 55.6. The van der Waals surface area contributed by atoms with Crippen LogP contribution in [0.25, 0.3) is 0 Å². The highest BCUT2D eigenvalue weighted by Crippen LogP contribution is 2.20. The predicted octanol–water partition coefficient (Wildman–Crippen LogP) is 24.5. The average molecular weight is 1150 g/mol. The minimum absolute atomic E-state index is 0.0212. The van der Waals surface area contributed by atoms with Gasteiger partial charge in [0.15, 0.2) is 0 Å². The first-order valence-corrected chi connectivity index (χ1v) is 37.8. The predicted molar refractivity (Wildman–Crippen MR) is 357 cm³/mol. The molecule has 6 heteroatoms. The maximum Gasteiger partial charge on any atom is 0.305 e. The molecule has 0 bridgehead atoms. The molecule has 0 aliphatic heterocycles. The van der Waals surface area contributed by atoms with Crippen LogP contribution < -0.4 is 5.32 Å². The van der Waals surface area contributed by atoms with E-state index in [0.29, 0.717) is 25.9 Å². The largest absolute Gasteiger partial charge is 0.466 e. The molecule has 0 heterocycles. The maximum absolute atomic E-state index is 12.6. The molecule has 0 aliphatic rings. The van der Waals surface area contributed by atoms with Crippen molar-refractivity contribution >= 4 is 11.9 Å². The summed E-state index contributed by atoms with van der Waals surface area (Å²) < 4.78 is 5.49. The average Bonchev–Trinajstić information content (AvgIpc) is 3.47. The standard InChI is InChI=1S/C75H149NO5/c1-3-5-7-9-11-13-15-17-18-19-20-21-22-28-31-34-37-40-44-47-51-55-59-63-67-73(78)72(71-77)76-74(79)68-64-60-56-52-48-45-41-38-35-32-29-26-24-23-25-27-30-33-36-39-42-46-50-54-58-62-66-70-81-75(80)69-65-61-57-53-49-43-16-14-12-10-8-6-4-2/h72-73,77-78H,3-71H2,1-2H3,(H,76,79). The van der Waals surface area contributed by atoms with Crippen LogP contribution in [0.5, 0.6) is 0 Å². The van der Waals surface area contributed by atoms with Crippen LogP contribution in [-0.2, 0) is 14.3 Å². The van der Waals surface area contributed by atoms with Gasteiger partial charge in [0, 0.05) is 12.8 Å². The molecule has 1 amide bonds. The molecule has 0 saturated carbocycles. The molecule has 0 aromatic carbocycles. The van der Waals surface area contributed by atoms with Crippen molar-refractivity contribution in [3.8, 4) is 0 Å². The lowest BCUT2D eigenvalue weighted by Gasteiger charge is -2.22. The number of aliphatic hydroxyl groups is 2. The van der Waals surface area contributed by atoms with Crippen molar-refractivity contribution in [2.75, 3.05) is 13.2 Å². The zero-order chi connectivity index (χ0) is 58.5. The lowest BCUT2D eigenvalue weighted by Crippen LogP contribution is -2.45. The molecule has 0 aromatic rings. The molecule has 0 radical (unpaired) electrons. The van der Waals surface area contributed by atoms with E-state index in [1.165, 1.54) is 372 Å². The second-order valence-electron chi connectivity index (χ2n) is 26.4. The minimum atomic E-state index is -0.663. The van der Waals surface area contributed by atoms with Crippen LogP contribution in [-0.4, -0.2) is 47.4 Å². The number of unbranched alkanes of at least 4 members (excludes halogenated alkanes) is 61. The highest BCUT2D eigenvalue weighted by atomic mass is 16.5. The van der Waals surface area contributed by atoms with Crippen LogP contribution in [0.2, 0.25) is 0 Å². The van der Waals surface area contributed by atoms with Crippen molar-refractivity contribution < 1.29 is 24.5 Å². The molecule has 3 N–H and O–H groups in total. The van der Waals surface area contributed by atoms with Crippen LogP contribution in [0.1, 0.15) is 444 Å². The first-order chi connectivity index (χ1) is 40.0. The van der Waals surface area contributed by atoms with E-state index in [4.69, 9.17) is 4.74 Å². The number of nitrogens with one attached hydrogen (secondary N) is 1. The topological polar surface area (TPSA) is 95.9 Å². The number of aliphatic hydroxyl groups excluding tert-OH is 2. The second-order valence-corrected chi connectivity index (χ2v) is 26.4. The maximum atomic E-state index is 12.6. The number of ether oxygens (including phenoxy) is 1. The molecule has 0 fully saturated rings. The summed E-state index contributed by atoms with van der Waals surface area (Å²) >= 11 is 0. The normalized spacial score (nSPS) is 12.4. The van der Waals surface area contributed by atoms with E-state index in [0.717, 1.165) is 38.5 Å². The van der Waals surface area contributed by atoms with Crippen molar-refractivity contribution in [3.63, 3.8) is 0 Å². The Morgan fingerprint density at radius 2 is 0.506 bits per heavy atom. The van der Waals surface area contributed by atoms with Gasteiger partial charge in [0.1, 0.15) is 0 Å². The quantitative estimate of drug-likeness (QED) is 0.0417. The van der Waals surface area contributed by atoms with E-state index in [1.54, 1.807) is 0 Å². The number of hydrogen-bond acceptors (Lipinski definition) is 5. The smallest absolute Gasteiger partial charge is 0.305 e. The summed E-state index contributed by atoms with van der Waals surface area (Å²) in [6, 6.07) is -0.540. The molecule has 2 atom stereocenters. The number of esters is 1. The lowest BCUT2D eigenvalue weighted by atomic mass is 10.0. The van der Waals surface area contributed by atoms with Gasteiger partial charge in [-0.1, -0.05) is 406 Å². The fourth-order valence-corrected chi connectivity index (χ4v) is 12.4. The van der Waals surface area contributed by atoms with Gasteiger partial charge < -0.3 is 20.3 Å². The number of carbonyl (C=O) groups excluding carboxylic acids is 2. The summed E-state index contributed by atoms with van der Waals surface area (Å²) in [7, 11) is 0. The first-order valence-electron chi connectivity index (χ1n) is 37.8. The van der Waals surface area contributed by atoms with Crippen LogP contribution in [0.3, 0.4) is 0 Å². The van der Waals surface area contributed by atoms with Gasteiger partial charge in [-0.2, -0.15) is 0 Å². The Balaban J connectivity index is 3.34. The molecule has 0 saturated heterocycles. The van der Waals surface area contributed by atoms with Crippen molar-refractivity contribution in [3.05, 3.63) is 0 Å². The van der Waals surface area contributed by atoms with Crippen LogP contribution in [0.4, 0.5) is 0 Å². The van der Waals surface area contributed by atoms with Gasteiger partial charge in [-0.15, -0.1) is 0 Å². The van der Waals surface area contributed by atoms with Crippen molar-refractivity contribution in [1.82, 2.24) is 5.32 Å². The van der Waals surface area contributed by atoms with Gasteiger partial charge in [-0.3, -0.25) is 9.59 Å². The SMILES string of the molecule is CCCCCCCCCCCCCCCCCCCCCCCCCCC(O)C(CO)NC(=O)CCCCCCCCCCCCCCCCCCCCCCCCCCCCCOC(=O)CCCCCCCCCCCCCCC. The van der Waals surface area contributed by atoms with Gasteiger partial charge in [0.05, 0.1) is 25.4 Å². The van der Waals surface area contributed by atoms with Gasteiger partial charge in [-0.25, -0.2) is 0 Å². The summed E-state index contributed by atoms with van der Waals surface area (Å²) in [4.78, 5) is 24.6. The van der Waals surface area contributed by atoms with E-state index in [2.05, 4.69) is 19.2 Å². The Morgan fingerprint density at radius 3 is 0.753 bits per heavy atom. The highest BCUT2D eigenvalue weighted by Gasteiger charge is 2.20. The van der Waals surface area contributed by atoms with Crippen molar-refractivity contribution in [2.24, 2.45) is 0 Å². The highest BCUT2D eigenvalue weighted by molar-refractivity contribution is 5.76. The molecule has 0 aromatic heterocycles. The second kappa shape index (κ2) is 71.3. The Morgan fingerprint density at radius 1 is 0.296 bits per heavy atom. The summed E-state index contributed by atoms with van der Waals surface area (Å²) in [5.74, 6) is -0.00473. The van der Waals surface area contributed by atoms with Gasteiger partial charge in [0.2, 0.25) is 5.91 Å². The summed E-state index contributed by atoms with van der Waals surface area (Å²) in [6.45, 7) is 5.01. The first kappa shape index (κ1) is 79.9. The summed E-state index contributed by atoms with van der Waals surface area (Å²) in [5.41, 5.74) is 0. The van der Waals surface area contributed by atoms with E-state index in [-0.39, 0.29) is 18.5 Å². The van der Waals surface area contributed by atoms with Crippen LogP contribution in [0, 0.1) is 0 Å². The molecular formula is C75H149NO5. The fourth-order valence-electron chi connectivity index (χ4n) is 12.4. The Bertz CT molecular complexity index is 1180. The number of amides is 1. The molecular weight excluding hydrogens is 995 g/mol. The Hall–Kier alpha value is -1.14. The monoisotopic (exact) mass is 1140 g/mol. The lowest BCUT2D eigenvalue weighted by molar-refractivity contribution is -0.143. The molecule has 0 aliphatic carbocycles. The summed E-state index contributed by atoms with van der Waals surface area (Å²) in [6.07, 6.45) is 87.4. The number of hydrogen-bond donors (Lipinski definition) is 3. The van der Waals surface area contributed by atoms with Crippen molar-refractivity contribution in [1.29, 1.82) is 0 Å². The van der Waals surface area contributed by atoms with Crippen LogP contribution in [0.15, 0.2) is 0 Å². The molecule has 484 valence electrons. The molecule has 0 spiro atoms. The third-order valence-electron chi connectivity index (χ3n) is 18.2. The molecule has 6 nitrogen and oxygen atoms in total. The van der Waals surface area contributed by atoms with Crippen molar-refractivity contribution in [2.45, 2.75) is 456 Å². The third-order valence-corrected chi connectivity index (χ3v) is 18.2. The number of carbonyl (C=O) groups is 2. The van der Waals surface area contributed by atoms with E-state index in [9.17, 15) is 19.8 Å². The third kappa shape index (κ3) is 67.9. The Kier molecular flexibility index (Phi) is 70.3. The van der Waals surface area contributed by atoms with Crippen LogP contribution >= 0.6 is 0 Å². The molecule has 81 heavy (non-hydrogen) atoms. The fraction of sp³-hybridized carbons (Fsp3) is 0.973. The molecule has 0 rings (SSSR count).